The average molecular weight is 551 g/mol. The summed E-state index contributed by atoms with van der Waals surface area (Å²) >= 11 is 0. The van der Waals surface area contributed by atoms with Gasteiger partial charge in [-0.3, -0.25) is 9.59 Å². The molecule has 0 spiro atoms. The molecule has 1 aromatic rings. The van der Waals surface area contributed by atoms with Gasteiger partial charge in [-0.15, -0.1) is 0 Å². The Kier molecular flexibility index (Phi) is 8.46. The molecule has 0 unspecified atom stereocenters. The summed E-state index contributed by atoms with van der Waals surface area (Å²) in [7, 11) is 0. The first-order chi connectivity index (χ1) is 18.8. The van der Waals surface area contributed by atoms with Crippen molar-refractivity contribution >= 4 is 24.0 Å². The molecule has 2 fully saturated rings. The maximum Gasteiger partial charge on any atom is 0.331 e. The lowest BCUT2D eigenvalue weighted by Crippen LogP contribution is -2.58. The van der Waals surface area contributed by atoms with E-state index < -0.39 is 41.2 Å². The molecule has 0 aromatic heterocycles. The lowest BCUT2D eigenvalue weighted by Gasteiger charge is -2.57. The molecule has 1 N–H and O–H groups in total. The van der Waals surface area contributed by atoms with Gasteiger partial charge < -0.3 is 19.3 Å². The smallest absolute Gasteiger partial charge is 0.331 e. The Hall–Kier alpha value is -3.19. The predicted molar refractivity (Wildman–Crippen MR) is 152 cm³/mol. The van der Waals surface area contributed by atoms with Gasteiger partial charge in [-0.1, -0.05) is 57.7 Å². The molecule has 40 heavy (non-hydrogen) atoms. The van der Waals surface area contributed by atoms with Crippen LogP contribution in [-0.2, 0) is 28.6 Å². The van der Waals surface area contributed by atoms with Crippen LogP contribution in [0.5, 0.6) is 0 Å². The Morgan fingerprint density at radius 2 is 1.60 bits per heavy atom. The third-order valence-corrected chi connectivity index (χ3v) is 9.55. The molecule has 0 heterocycles. The minimum atomic E-state index is -1.13. The highest BCUT2D eigenvalue weighted by Gasteiger charge is 2.59. The first-order valence-electron chi connectivity index (χ1n) is 14.1. The maximum atomic E-state index is 13.3. The molecule has 7 heteroatoms. The molecule has 1 aromatic carbocycles. The number of rotatable bonds is 5. The van der Waals surface area contributed by atoms with E-state index in [0.29, 0.717) is 25.7 Å². The quantitative estimate of drug-likeness (QED) is 0.221. The van der Waals surface area contributed by atoms with E-state index in [4.69, 9.17) is 14.2 Å². The monoisotopic (exact) mass is 550 g/mol. The van der Waals surface area contributed by atoms with Gasteiger partial charge in [0, 0.05) is 25.3 Å². The lowest BCUT2D eigenvalue weighted by atomic mass is 9.50. The number of ether oxygens (including phenoxy) is 3. The van der Waals surface area contributed by atoms with Crippen LogP contribution in [-0.4, -0.2) is 47.4 Å². The third kappa shape index (κ3) is 5.67. The lowest BCUT2D eigenvalue weighted by molar-refractivity contribution is -0.173. The Morgan fingerprint density at radius 1 is 0.975 bits per heavy atom. The van der Waals surface area contributed by atoms with E-state index in [2.05, 4.69) is 20.4 Å². The van der Waals surface area contributed by atoms with E-state index >= 15 is 0 Å². The highest BCUT2D eigenvalue weighted by atomic mass is 16.6. The van der Waals surface area contributed by atoms with Crippen molar-refractivity contribution in [2.45, 2.75) is 91.6 Å². The first kappa shape index (κ1) is 29.8. The molecule has 0 aliphatic heterocycles. The van der Waals surface area contributed by atoms with Crippen LogP contribution in [0.25, 0.3) is 6.08 Å². The second kappa shape index (κ2) is 11.4. The van der Waals surface area contributed by atoms with E-state index in [-0.39, 0.29) is 23.8 Å². The van der Waals surface area contributed by atoms with Crippen LogP contribution in [0.1, 0.15) is 72.8 Å². The summed E-state index contributed by atoms with van der Waals surface area (Å²) in [6.45, 7) is 15.3. The summed E-state index contributed by atoms with van der Waals surface area (Å²) in [6, 6.07) is 9.45. The molecule has 7 atom stereocenters. The summed E-state index contributed by atoms with van der Waals surface area (Å²) in [5.41, 5.74) is 2.05. The largest absolute Gasteiger partial charge is 0.458 e. The summed E-state index contributed by atoms with van der Waals surface area (Å²) < 4.78 is 17.6. The Balaban J connectivity index is 1.80. The zero-order valence-corrected chi connectivity index (χ0v) is 24.4. The van der Waals surface area contributed by atoms with E-state index in [1.807, 2.05) is 44.2 Å². The van der Waals surface area contributed by atoms with E-state index in [1.165, 1.54) is 19.9 Å². The molecule has 2 bridgehead atoms. The SMILES string of the molecule is C=C1[C@@H](OC(C)=O)CC[C@]2(C)[C@@H]1C[C@@H]1C[C@H](OC(C)=O)C(C)=C([C@@H](O)[C@@H]2OC(=O)/C=C/c2ccccc2)C1(C)C. The molecule has 2 saturated carbocycles. The number of aliphatic hydroxyl groups excluding tert-OH is 1. The summed E-state index contributed by atoms with van der Waals surface area (Å²) in [5, 5.41) is 12.2. The number of benzene rings is 1. The molecule has 0 radical (unpaired) electrons. The van der Waals surface area contributed by atoms with E-state index in [9.17, 15) is 19.5 Å². The normalized spacial score (nSPS) is 33.4. The number of aliphatic hydroxyl groups is 1. The third-order valence-electron chi connectivity index (χ3n) is 9.55. The van der Waals surface area contributed by atoms with Crippen molar-refractivity contribution in [1.82, 2.24) is 0 Å². The molecular formula is C33H42O7. The van der Waals surface area contributed by atoms with Crippen molar-refractivity contribution in [3.05, 3.63) is 65.3 Å². The van der Waals surface area contributed by atoms with Gasteiger partial charge in [-0.25, -0.2) is 4.79 Å². The zero-order valence-electron chi connectivity index (χ0n) is 24.4. The van der Waals surface area contributed by atoms with Crippen LogP contribution in [0, 0.1) is 22.7 Å². The average Bonchev–Trinajstić information content (AvgIpc) is 2.87. The van der Waals surface area contributed by atoms with Gasteiger partial charge >= 0.3 is 17.9 Å². The molecule has 7 nitrogen and oxygen atoms in total. The molecule has 3 aliphatic rings. The highest BCUT2D eigenvalue weighted by molar-refractivity contribution is 5.87. The number of fused-ring (bicyclic) bond motifs is 3. The summed E-state index contributed by atoms with van der Waals surface area (Å²) in [6.07, 6.45) is 2.47. The van der Waals surface area contributed by atoms with Gasteiger partial charge in [0.05, 0.1) is 0 Å². The van der Waals surface area contributed by atoms with E-state index in [0.717, 1.165) is 22.3 Å². The second-order valence-corrected chi connectivity index (χ2v) is 12.4. The van der Waals surface area contributed by atoms with Crippen molar-refractivity contribution in [1.29, 1.82) is 0 Å². The van der Waals surface area contributed by atoms with Gasteiger partial charge in [0.2, 0.25) is 0 Å². The number of esters is 3. The van der Waals surface area contributed by atoms with Crippen LogP contribution in [0.3, 0.4) is 0 Å². The fourth-order valence-electron chi connectivity index (χ4n) is 7.41. The number of hydrogen-bond donors (Lipinski definition) is 1. The molecule has 0 saturated heterocycles. The Morgan fingerprint density at radius 3 is 2.23 bits per heavy atom. The zero-order chi connectivity index (χ0) is 29.4. The molecule has 4 rings (SSSR count). The molecule has 3 aliphatic carbocycles. The Labute approximate surface area is 237 Å². The van der Waals surface area contributed by atoms with Crippen LogP contribution in [0.15, 0.2) is 59.7 Å². The standard InChI is InChI=1S/C33H42O7/c1-19-25-17-24-18-27(39-22(4)35)20(2)29(32(24,5)6)30(37)31(33(25,7)16-15-26(19)38-21(3)34)40-28(36)14-13-23-11-9-8-10-12-23/h8-14,24-27,30-31,37H,1,15-18H2,2-7H3/b14-13+/t24-,25-,26+,27+,30-,31+,33-/m1/s1. The molecule has 216 valence electrons. The molecular weight excluding hydrogens is 508 g/mol. The minimum absolute atomic E-state index is 0.0389. The fraction of sp³-hybridized carbons (Fsp3) is 0.545. The maximum absolute atomic E-state index is 13.3. The van der Waals surface area contributed by atoms with Crippen LogP contribution in [0.2, 0.25) is 0 Å². The predicted octanol–water partition coefficient (Wildman–Crippen LogP) is 5.57. The number of carbonyl (C=O) groups excluding carboxylic acids is 3. The second-order valence-electron chi connectivity index (χ2n) is 12.4. The van der Waals surface area contributed by atoms with Crippen LogP contribution in [0.4, 0.5) is 0 Å². The van der Waals surface area contributed by atoms with Gasteiger partial charge in [0.25, 0.3) is 0 Å². The molecule has 0 amide bonds. The topological polar surface area (TPSA) is 99.1 Å². The van der Waals surface area contributed by atoms with Crippen LogP contribution < -0.4 is 0 Å². The summed E-state index contributed by atoms with van der Waals surface area (Å²) in [5.74, 6) is -1.48. The fourth-order valence-corrected chi connectivity index (χ4v) is 7.41. The van der Waals surface area contributed by atoms with Crippen molar-refractivity contribution in [3.63, 3.8) is 0 Å². The van der Waals surface area contributed by atoms with Gasteiger partial charge in [-0.2, -0.15) is 0 Å². The number of carbonyl (C=O) groups is 3. The minimum Gasteiger partial charge on any atom is -0.458 e. The van der Waals surface area contributed by atoms with Gasteiger partial charge in [0.1, 0.15) is 24.4 Å². The van der Waals surface area contributed by atoms with Gasteiger partial charge in [0.15, 0.2) is 0 Å². The van der Waals surface area contributed by atoms with Crippen molar-refractivity contribution < 1.29 is 33.7 Å². The Bertz CT molecular complexity index is 1230. The summed E-state index contributed by atoms with van der Waals surface area (Å²) in [4.78, 5) is 37.2. The van der Waals surface area contributed by atoms with Crippen molar-refractivity contribution in [3.8, 4) is 0 Å². The highest BCUT2D eigenvalue weighted by Crippen LogP contribution is 2.59. The van der Waals surface area contributed by atoms with E-state index in [1.54, 1.807) is 6.08 Å². The van der Waals surface area contributed by atoms with Crippen molar-refractivity contribution in [2.75, 3.05) is 0 Å². The number of hydrogen-bond acceptors (Lipinski definition) is 7. The van der Waals surface area contributed by atoms with Gasteiger partial charge in [-0.05, 0) is 78.2 Å². The first-order valence-corrected chi connectivity index (χ1v) is 14.1. The van der Waals surface area contributed by atoms with Crippen molar-refractivity contribution in [2.24, 2.45) is 22.7 Å². The van der Waals surface area contributed by atoms with Crippen LogP contribution >= 0.6 is 0 Å².